The molecule has 0 aliphatic carbocycles. The Morgan fingerprint density at radius 1 is 1.06 bits per heavy atom. The molecule has 3 aromatic rings. The monoisotopic (exact) mass is 526 g/mol. The van der Waals surface area contributed by atoms with Gasteiger partial charge in [-0.2, -0.15) is 5.10 Å². The number of benzene rings is 1. The Hall–Kier alpha value is -2.92. The summed E-state index contributed by atoms with van der Waals surface area (Å²) in [6.07, 6.45) is 0.417. The van der Waals surface area contributed by atoms with Crippen molar-refractivity contribution in [3.8, 4) is 0 Å². The molecule has 0 unspecified atom stereocenters. The molecule has 1 atom stereocenters. The summed E-state index contributed by atoms with van der Waals surface area (Å²) >= 11 is 2.90. The summed E-state index contributed by atoms with van der Waals surface area (Å²) in [5.74, 6) is -0.820. The van der Waals surface area contributed by atoms with E-state index >= 15 is 0 Å². The van der Waals surface area contributed by atoms with E-state index < -0.39 is 0 Å². The lowest BCUT2D eigenvalue weighted by molar-refractivity contribution is -0.133. The van der Waals surface area contributed by atoms with E-state index in [9.17, 15) is 14.0 Å². The molecule has 0 saturated carbocycles. The topological polar surface area (TPSA) is 65.5 Å². The lowest BCUT2D eigenvalue weighted by Gasteiger charge is -2.30. The molecule has 0 bridgehead atoms. The third-order valence-electron chi connectivity index (χ3n) is 6.36. The number of hydrazone groups is 1. The van der Waals surface area contributed by atoms with E-state index in [4.69, 9.17) is 4.74 Å². The first kappa shape index (κ1) is 24.8. The highest BCUT2D eigenvalue weighted by molar-refractivity contribution is 7.12. The molecule has 10 heteroatoms. The van der Waals surface area contributed by atoms with Gasteiger partial charge >= 0.3 is 0 Å². The Balaban J connectivity index is 1.38. The molecule has 2 aliphatic rings. The minimum atomic E-state index is -0.365. The van der Waals surface area contributed by atoms with Crippen LogP contribution in [0.15, 0.2) is 64.4 Å². The van der Waals surface area contributed by atoms with Crippen molar-refractivity contribution >= 4 is 40.2 Å². The number of carbonyl (C=O) groups excluding carboxylic acids is 2. The van der Waals surface area contributed by atoms with Gasteiger partial charge in [0.2, 0.25) is 0 Å². The van der Waals surface area contributed by atoms with Gasteiger partial charge in [0, 0.05) is 43.0 Å². The molecule has 36 heavy (non-hydrogen) atoms. The number of rotatable bonds is 8. The van der Waals surface area contributed by atoms with E-state index in [0.29, 0.717) is 48.9 Å². The maximum Gasteiger partial charge on any atom is 0.264 e. The second-order valence-corrected chi connectivity index (χ2v) is 10.6. The van der Waals surface area contributed by atoms with Crippen molar-refractivity contribution in [3.63, 3.8) is 0 Å². The molecule has 4 heterocycles. The molecule has 188 valence electrons. The van der Waals surface area contributed by atoms with Crippen LogP contribution in [0.4, 0.5) is 4.39 Å². The van der Waals surface area contributed by atoms with Gasteiger partial charge in [0.15, 0.2) is 0 Å². The standard InChI is InChI=1S/C26H27FN4O3S2/c27-20-6-2-1-5-19(20)21-17-22(23-7-3-15-35-23)31(28-21)25(32)18-30(26(33)24-8-4-16-36-24)10-9-29-11-13-34-14-12-29/h1-8,15-16,22H,9-14,17-18H2/t22-/m1/s1. The maximum absolute atomic E-state index is 14.5. The van der Waals surface area contributed by atoms with Crippen LogP contribution in [0.3, 0.4) is 0 Å². The molecule has 2 amide bonds. The van der Waals surface area contributed by atoms with Crippen LogP contribution < -0.4 is 0 Å². The number of carbonyl (C=O) groups is 2. The van der Waals surface area contributed by atoms with Gasteiger partial charge in [0.25, 0.3) is 11.8 Å². The van der Waals surface area contributed by atoms with E-state index in [-0.39, 0.29) is 30.2 Å². The third kappa shape index (κ3) is 5.57. The summed E-state index contributed by atoms with van der Waals surface area (Å²) in [5, 5.41) is 9.83. The number of thiophene rings is 2. The van der Waals surface area contributed by atoms with E-state index in [2.05, 4.69) is 10.0 Å². The van der Waals surface area contributed by atoms with Crippen LogP contribution >= 0.6 is 22.7 Å². The van der Waals surface area contributed by atoms with Crippen molar-refractivity contribution in [3.05, 3.63) is 80.4 Å². The van der Waals surface area contributed by atoms with Crippen LogP contribution in [-0.4, -0.2) is 78.3 Å². The van der Waals surface area contributed by atoms with Crippen molar-refractivity contribution in [2.75, 3.05) is 45.9 Å². The fourth-order valence-electron chi connectivity index (χ4n) is 4.43. The first-order valence-corrected chi connectivity index (χ1v) is 13.7. The van der Waals surface area contributed by atoms with Crippen molar-refractivity contribution in [1.82, 2.24) is 14.8 Å². The molecule has 1 saturated heterocycles. The summed E-state index contributed by atoms with van der Waals surface area (Å²) in [6, 6.07) is 13.6. The zero-order valence-electron chi connectivity index (χ0n) is 19.7. The number of halogens is 1. The lowest BCUT2D eigenvalue weighted by Crippen LogP contribution is -2.46. The Kier molecular flexibility index (Phi) is 7.86. The molecule has 7 nitrogen and oxygen atoms in total. The lowest BCUT2D eigenvalue weighted by atomic mass is 10.0. The smallest absolute Gasteiger partial charge is 0.264 e. The average Bonchev–Trinajstić information content (AvgIpc) is 3.68. The van der Waals surface area contributed by atoms with Gasteiger partial charge in [-0.1, -0.05) is 30.3 Å². The number of hydrogen-bond acceptors (Lipinski definition) is 7. The minimum absolute atomic E-state index is 0.100. The summed E-state index contributed by atoms with van der Waals surface area (Å²) in [6.45, 7) is 3.92. The third-order valence-corrected chi connectivity index (χ3v) is 8.19. The normalized spacial score (nSPS) is 18.3. The molecule has 0 N–H and O–H groups in total. The number of amides is 2. The van der Waals surface area contributed by atoms with Gasteiger partial charge < -0.3 is 9.64 Å². The highest BCUT2D eigenvalue weighted by Crippen LogP contribution is 2.35. The predicted molar refractivity (Wildman–Crippen MR) is 139 cm³/mol. The second kappa shape index (κ2) is 11.4. The molecule has 5 rings (SSSR count). The molecule has 2 aliphatic heterocycles. The summed E-state index contributed by atoms with van der Waals surface area (Å²) in [4.78, 5) is 32.4. The number of hydrogen-bond donors (Lipinski definition) is 0. The van der Waals surface area contributed by atoms with Gasteiger partial charge in [-0.25, -0.2) is 9.40 Å². The van der Waals surface area contributed by atoms with Crippen LogP contribution in [0, 0.1) is 5.82 Å². The zero-order chi connectivity index (χ0) is 24.9. The second-order valence-electron chi connectivity index (χ2n) is 8.66. The number of morpholine rings is 1. The quantitative estimate of drug-likeness (QED) is 0.443. The molecule has 2 aromatic heterocycles. The Labute approximate surface area is 217 Å². The van der Waals surface area contributed by atoms with Crippen molar-refractivity contribution in [2.45, 2.75) is 12.5 Å². The first-order valence-electron chi connectivity index (χ1n) is 11.9. The van der Waals surface area contributed by atoms with Crippen LogP contribution in [0.5, 0.6) is 0 Å². The first-order chi connectivity index (χ1) is 17.6. The summed E-state index contributed by atoms with van der Waals surface area (Å²) < 4.78 is 20.0. The Morgan fingerprint density at radius 3 is 2.56 bits per heavy atom. The Morgan fingerprint density at radius 2 is 1.83 bits per heavy atom. The summed E-state index contributed by atoms with van der Waals surface area (Å²) in [7, 11) is 0. The fourth-order valence-corrected chi connectivity index (χ4v) is 5.93. The van der Waals surface area contributed by atoms with E-state index in [1.807, 2.05) is 29.0 Å². The van der Waals surface area contributed by atoms with Gasteiger partial charge in [0.1, 0.15) is 12.4 Å². The molecule has 0 spiro atoms. The van der Waals surface area contributed by atoms with Crippen LogP contribution in [0.1, 0.15) is 32.6 Å². The van der Waals surface area contributed by atoms with Crippen molar-refractivity contribution in [2.24, 2.45) is 5.10 Å². The van der Waals surface area contributed by atoms with Gasteiger partial charge in [-0.05, 0) is 29.0 Å². The van der Waals surface area contributed by atoms with E-state index in [1.165, 1.54) is 33.7 Å². The van der Waals surface area contributed by atoms with Gasteiger partial charge in [-0.3, -0.25) is 14.5 Å². The van der Waals surface area contributed by atoms with Crippen LogP contribution in [-0.2, 0) is 9.53 Å². The van der Waals surface area contributed by atoms with Crippen LogP contribution in [0.2, 0.25) is 0 Å². The van der Waals surface area contributed by atoms with Gasteiger partial charge in [0.05, 0.1) is 29.8 Å². The predicted octanol–water partition coefficient (Wildman–Crippen LogP) is 4.10. The fraction of sp³-hybridized carbons (Fsp3) is 0.346. The van der Waals surface area contributed by atoms with Crippen molar-refractivity contribution in [1.29, 1.82) is 0 Å². The average molecular weight is 527 g/mol. The minimum Gasteiger partial charge on any atom is -0.379 e. The Bertz CT molecular complexity index is 1210. The summed E-state index contributed by atoms with van der Waals surface area (Å²) in [5.41, 5.74) is 0.928. The molecule has 1 fully saturated rings. The molecule has 1 aromatic carbocycles. The molecular weight excluding hydrogens is 499 g/mol. The van der Waals surface area contributed by atoms with Crippen molar-refractivity contribution < 1.29 is 18.7 Å². The maximum atomic E-state index is 14.5. The number of nitrogens with zero attached hydrogens (tertiary/aromatic N) is 4. The SMILES string of the molecule is O=C(c1cccs1)N(CCN1CCOCC1)CC(=O)N1N=C(c2ccccc2F)C[C@@H]1c1cccs1. The molecular formula is C26H27FN4O3S2. The van der Waals surface area contributed by atoms with Gasteiger partial charge in [-0.15, -0.1) is 22.7 Å². The number of ether oxygens (including phenoxy) is 1. The van der Waals surface area contributed by atoms with E-state index in [0.717, 1.165) is 18.0 Å². The largest absolute Gasteiger partial charge is 0.379 e. The highest BCUT2D eigenvalue weighted by Gasteiger charge is 2.36. The molecule has 0 radical (unpaired) electrons. The highest BCUT2D eigenvalue weighted by atomic mass is 32.1. The zero-order valence-corrected chi connectivity index (χ0v) is 21.3. The van der Waals surface area contributed by atoms with E-state index in [1.54, 1.807) is 29.2 Å². The van der Waals surface area contributed by atoms with Crippen LogP contribution in [0.25, 0.3) is 0 Å².